The zero-order valence-corrected chi connectivity index (χ0v) is 20.4. The Bertz CT molecular complexity index is 1140. The summed E-state index contributed by atoms with van der Waals surface area (Å²) in [7, 11) is 1.50. The number of carbonyl (C=O) groups is 3. The molecule has 3 aromatic carbocycles. The van der Waals surface area contributed by atoms with Crippen LogP contribution < -0.4 is 21.0 Å². The quantitative estimate of drug-likeness (QED) is 0.262. The molecule has 37 heavy (non-hydrogen) atoms. The van der Waals surface area contributed by atoms with Gasteiger partial charge in [-0.05, 0) is 28.8 Å². The number of rotatable bonds is 13. The first kappa shape index (κ1) is 27.2. The number of urea groups is 1. The molecule has 0 aliphatic heterocycles. The SMILES string of the molecule is CN(CC(=O)NO[C@@H](Cc1ccc(OCc2ccccc2)cc1)C(=O)O)NC(=O)NCc1ccccc1. The minimum atomic E-state index is -1.30. The summed E-state index contributed by atoms with van der Waals surface area (Å²) >= 11 is 0. The van der Waals surface area contributed by atoms with Crippen molar-refractivity contribution >= 4 is 17.9 Å². The van der Waals surface area contributed by atoms with Crippen molar-refractivity contribution in [3.8, 4) is 5.75 Å². The number of hydrogen-bond donors (Lipinski definition) is 4. The number of ether oxygens (including phenoxy) is 1. The fourth-order valence-electron chi connectivity index (χ4n) is 3.27. The lowest BCUT2D eigenvalue weighted by atomic mass is 10.1. The Morgan fingerprint density at radius 3 is 2.11 bits per heavy atom. The van der Waals surface area contributed by atoms with Crippen molar-refractivity contribution in [2.75, 3.05) is 13.6 Å². The maximum atomic E-state index is 12.2. The van der Waals surface area contributed by atoms with Crippen LogP contribution in [0.25, 0.3) is 0 Å². The molecule has 0 saturated carbocycles. The Morgan fingerprint density at radius 2 is 1.49 bits per heavy atom. The minimum absolute atomic E-state index is 0.0323. The van der Waals surface area contributed by atoms with Gasteiger partial charge in [0.1, 0.15) is 12.4 Å². The molecule has 0 aliphatic carbocycles. The largest absolute Gasteiger partial charge is 0.489 e. The van der Waals surface area contributed by atoms with Gasteiger partial charge in [-0.15, -0.1) is 0 Å². The van der Waals surface area contributed by atoms with Crippen molar-refractivity contribution in [1.82, 2.24) is 21.2 Å². The molecule has 1 atom stereocenters. The van der Waals surface area contributed by atoms with Crippen LogP contribution in [0.1, 0.15) is 16.7 Å². The van der Waals surface area contributed by atoms with Crippen molar-refractivity contribution in [1.29, 1.82) is 0 Å². The highest BCUT2D eigenvalue weighted by atomic mass is 16.7. The molecule has 0 spiro atoms. The van der Waals surface area contributed by atoms with E-state index in [2.05, 4.69) is 16.2 Å². The number of carboxylic acids is 1. The third-order valence-corrected chi connectivity index (χ3v) is 5.15. The van der Waals surface area contributed by atoms with Crippen molar-refractivity contribution < 1.29 is 29.1 Å². The first-order chi connectivity index (χ1) is 17.9. The van der Waals surface area contributed by atoms with Crippen LogP contribution in [0.4, 0.5) is 4.79 Å². The Balaban J connectivity index is 1.39. The Hall–Kier alpha value is -4.41. The molecule has 4 N–H and O–H groups in total. The number of amides is 3. The van der Waals surface area contributed by atoms with Crippen molar-refractivity contribution in [3.05, 3.63) is 102 Å². The third-order valence-electron chi connectivity index (χ3n) is 5.15. The summed E-state index contributed by atoms with van der Waals surface area (Å²) in [6, 6.07) is 25.6. The smallest absolute Gasteiger partial charge is 0.335 e. The fourth-order valence-corrected chi connectivity index (χ4v) is 3.27. The molecule has 3 amide bonds. The molecule has 0 heterocycles. The molecule has 0 aliphatic rings. The lowest BCUT2D eigenvalue weighted by molar-refractivity contribution is -0.160. The molecule has 3 aromatic rings. The first-order valence-corrected chi connectivity index (χ1v) is 11.6. The van der Waals surface area contributed by atoms with Gasteiger partial charge in [0.2, 0.25) is 0 Å². The van der Waals surface area contributed by atoms with Crippen LogP contribution in [-0.2, 0) is 34.0 Å². The van der Waals surface area contributed by atoms with Gasteiger partial charge >= 0.3 is 12.0 Å². The second-order valence-electron chi connectivity index (χ2n) is 8.23. The number of hydrogen-bond acceptors (Lipinski definition) is 6. The van der Waals surface area contributed by atoms with E-state index in [-0.39, 0.29) is 13.0 Å². The van der Waals surface area contributed by atoms with Crippen LogP contribution in [-0.4, -0.2) is 47.7 Å². The fraction of sp³-hybridized carbons (Fsp3) is 0.222. The standard InChI is InChI=1S/C27H30N4O6/c1-31(29-27(35)28-17-21-8-4-2-5-9-21)18-25(32)30-37-24(26(33)34)16-20-12-14-23(15-13-20)36-19-22-10-6-3-7-11-22/h2-15,24H,16-19H2,1H3,(H,30,32)(H,33,34)(H2,28,29,35)/t24-/m0/s1. The van der Waals surface area contributed by atoms with Gasteiger partial charge in [0, 0.05) is 20.0 Å². The second kappa shape index (κ2) is 14.2. The molecule has 0 aromatic heterocycles. The van der Waals surface area contributed by atoms with Gasteiger partial charge in [-0.3, -0.25) is 15.1 Å². The lowest BCUT2D eigenvalue weighted by Crippen LogP contribution is -2.49. The molecule has 0 unspecified atom stereocenters. The molecule has 0 radical (unpaired) electrons. The predicted octanol–water partition coefficient (Wildman–Crippen LogP) is 2.66. The summed E-state index contributed by atoms with van der Waals surface area (Å²) < 4.78 is 5.74. The minimum Gasteiger partial charge on any atom is -0.489 e. The van der Waals surface area contributed by atoms with Crippen molar-refractivity contribution in [3.63, 3.8) is 0 Å². The molecular formula is C27H30N4O6. The van der Waals surface area contributed by atoms with E-state index in [0.717, 1.165) is 11.1 Å². The van der Waals surface area contributed by atoms with E-state index >= 15 is 0 Å². The van der Waals surface area contributed by atoms with Crippen LogP contribution >= 0.6 is 0 Å². The molecular weight excluding hydrogens is 476 g/mol. The Morgan fingerprint density at radius 1 is 0.865 bits per heavy atom. The normalized spacial score (nSPS) is 11.4. The molecule has 0 fully saturated rings. The predicted molar refractivity (Wildman–Crippen MR) is 136 cm³/mol. The van der Waals surface area contributed by atoms with E-state index in [1.54, 1.807) is 24.3 Å². The number of likely N-dealkylation sites (N-methyl/N-ethyl adjacent to an activating group) is 1. The maximum Gasteiger partial charge on any atom is 0.335 e. The van der Waals surface area contributed by atoms with E-state index in [4.69, 9.17) is 9.57 Å². The number of carbonyl (C=O) groups excluding carboxylic acids is 2. The average Bonchev–Trinajstić information content (AvgIpc) is 2.90. The van der Waals surface area contributed by atoms with E-state index in [1.807, 2.05) is 60.7 Å². The van der Waals surface area contributed by atoms with Gasteiger partial charge in [0.05, 0.1) is 6.54 Å². The van der Waals surface area contributed by atoms with Crippen LogP contribution in [0.5, 0.6) is 5.75 Å². The third kappa shape index (κ3) is 10.0. The highest BCUT2D eigenvalue weighted by Crippen LogP contribution is 2.16. The highest BCUT2D eigenvalue weighted by Gasteiger charge is 2.21. The van der Waals surface area contributed by atoms with Gasteiger partial charge < -0.3 is 15.2 Å². The summed E-state index contributed by atoms with van der Waals surface area (Å²) in [5.74, 6) is -1.20. The summed E-state index contributed by atoms with van der Waals surface area (Å²) in [6.45, 7) is 0.500. The average molecular weight is 507 g/mol. The van der Waals surface area contributed by atoms with E-state index in [1.165, 1.54) is 12.1 Å². The van der Waals surface area contributed by atoms with E-state index in [0.29, 0.717) is 24.5 Å². The van der Waals surface area contributed by atoms with Gasteiger partial charge in [-0.1, -0.05) is 72.8 Å². The zero-order valence-electron chi connectivity index (χ0n) is 20.4. The summed E-state index contributed by atoms with van der Waals surface area (Å²) in [5.41, 5.74) is 7.30. The van der Waals surface area contributed by atoms with Crippen LogP contribution in [0.3, 0.4) is 0 Å². The highest BCUT2D eigenvalue weighted by molar-refractivity contribution is 5.79. The monoisotopic (exact) mass is 506 g/mol. The molecule has 0 saturated heterocycles. The molecule has 0 bridgehead atoms. The van der Waals surface area contributed by atoms with Crippen LogP contribution in [0.2, 0.25) is 0 Å². The Labute approximate surface area is 215 Å². The number of hydrazine groups is 1. The zero-order chi connectivity index (χ0) is 26.5. The van der Waals surface area contributed by atoms with Crippen LogP contribution in [0, 0.1) is 0 Å². The number of benzene rings is 3. The van der Waals surface area contributed by atoms with E-state index in [9.17, 15) is 19.5 Å². The number of aliphatic carboxylic acids is 1. The summed E-state index contributed by atoms with van der Waals surface area (Å²) in [5, 5.41) is 13.4. The Kier molecular flexibility index (Phi) is 10.4. The topological polar surface area (TPSA) is 129 Å². The van der Waals surface area contributed by atoms with Crippen molar-refractivity contribution in [2.45, 2.75) is 25.7 Å². The number of hydroxylamine groups is 1. The number of nitrogens with one attached hydrogen (secondary N) is 3. The number of nitrogens with zero attached hydrogens (tertiary/aromatic N) is 1. The summed E-state index contributed by atoms with van der Waals surface area (Å²) in [6.07, 6.45) is -1.27. The summed E-state index contributed by atoms with van der Waals surface area (Å²) in [4.78, 5) is 40.9. The van der Waals surface area contributed by atoms with E-state index < -0.39 is 24.0 Å². The van der Waals surface area contributed by atoms with Gasteiger partial charge in [-0.25, -0.2) is 20.1 Å². The molecule has 3 rings (SSSR count). The van der Waals surface area contributed by atoms with Crippen LogP contribution in [0.15, 0.2) is 84.9 Å². The molecule has 194 valence electrons. The maximum absolute atomic E-state index is 12.2. The first-order valence-electron chi connectivity index (χ1n) is 11.6. The van der Waals surface area contributed by atoms with Gasteiger partial charge in [-0.2, -0.15) is 0 Å². The van der Waals surface area contributed by atoms with Gasteiger partial charge in [0.15, 0.2) is 6.10 Å². The second-order valence-corrected chi connectivity index (χ2v) is 8.23. The number of carboxylic acid groups (broad SMARTS) is 1. The molecule has 10 heteroatoms. The van der Waals surface area contributed by atoms with Crippen molar-refractivity contribution in [2.24, 2.45) is 0 Å². The van der Waals surface area contributed by atoms with Gasteiger partial charge in [0.25, 0.3) is 5.91 Å². The lowest BCUT2D eigenvalue weighted by Gasteiger charge is -2.19. The molecule has 10 nitrogen and oxygen atoms in total.